The van der Waals surface area contributed by atoms with Crippen LogP contribution < -0.4 is 14.8 Å². The highest BCUT2D eigenvalue weighted by molar-refractivity contribution is 6.34. The van der Waals surface area contributed by atoms with Crippen LogP contribution in [0.1, 0.15) is 20.7 Å². The van der Waals surface area contributed by atoms with Crippen LogP contribution in [0.15, 0.2) is 72.8 Å². The Morgan fingerprint density at radius 1 is 0.889 bits per heavy atom. The molecule has 3 rings (SSSR count). The van der Waals surface area contributed by atoms with Crippen LogP contribution in [-0.4, -0.2) is 19.0 Å². The van der Waals surface area contributed by atoms with Crippen LogP contribution in [0.5, 0.6) is 11.5 Å². The fourth-order valence-electron chi connectivity index (χ4n) is 2.37. The Morgan fingerprint density at radius 3 is 2.33 bits per heavy atom. The largest absolute Gasteiger partial charge is 0.497 e. The maximum absolute atomic E-state index is 12.3. The number of nitrogens with one attached hydrogen (secondary N) is 1. The summed E-state index contributed by atoms with van der Waals surface area (Å²) in [5, 5.41) is 3.12. The molecule has 0 aliphatic carbocycles. The highest BCUT2D eigenvalue weighted by atomic mass is 35.5. The first kappa shape index (κ1) is 18.5. The molecular weight excluding hydrogens is 366 g/mol. The van der Waals surface area contributed by atoms with Crippen molar-refractivity contribution in [1.29, 1.82) is 0 Å². The lowest BCUT2D eigenvalue weighted by Crippen LogP contribution is -2.12. The number of methoxy groups -OCH3 is 1. The highest BCUT2D eigenvalue weighted by Crippen LogP contribution is 2.21. The van der Waals surface area contributed by atoms with Gasteiger partial charge in [0.05, 0.1) is 23.3 Å². The van der Waals surface area contributed by atoms with E-state index in [1.807, 2.05) is 0 Å². The SMILES string of the molecule is COc1cccc(C(=O)Oc2ccc(NC(=O)c3ccccc3Cl)cc2)c1. The zero-order valence-corrected chi connectivity index (χ0v) is 15.2. The van der Waals surface area contributed by atoms with E-state index in [1.54, 1.807) is 72.8 Å². The summed E-state index contributed by atoms with van der Waals surface area (Å²) in [6, 6.07) is 20.0. The third-order valence-electron chi connectivity index (χ3n) is 3.75. The van der Waals surface area contributed by atoms with E-state index in [1.165, 1.54) is 7.11 Å². The number of anilines is 1. The standard InChI is InChI=1S/C21H16ClNO4/c1-26-17-6-4-5-14(13-17)21(25)27-16-11-9-15(10-12-16)23-20(24)18-7-2-3-8-19(18)22/h2-13H,1H3,(H,23,24). The van der Waals surface area contributed by atoms with Crippen LogP contribution in [0.25, 0.3) is 0 Å². The molecule has 1 N–H and O–H groups in total. The molecule has 6 heteroatoms. The monoisotopic (exact) mass is 381 g/mol. The van der Waals surface area contributed by atoms with E-state index in [9.17, 15) is 9.59 Å². The molecule has 0 saturated heterocycles. The van der Waals surface area contributed by atoms with Gasteiger partial charge in [0.15, 0.2) is 0 Å². The van der Waals surface area contributed by atoms with Crippen molar-refractivity contribution in [2.45, 2.75) is 0 Å². The minimum absolute atomic E-state index is 0.318. The van der Waals surface area contributed by atoms with E-state index in [2.05, 4.69) is 5.32 Å². The Kier molecular flexibility index (Phi) is 5.74. The fraction of sp³-hybridized carbons (Fsp3) is 0.0476. The average Bonchev–Trinajstić information content (AvgIpc) is 2.69. The summed E-state index contributed by atoms with van der Waals surface area (Å²) in [6.45, 7) is 0. The maximum atomic E-state index is 12.3. The molecule has 3 aromatic carbocycles. The first-order valence-electron chi connectivity index (χ1n) is 8.09. The molecule has 136 valence electrons. The van der Waals surface area contributed by atoms with E-state index >= 15 is 0 Å². The van der Waals surface area contributed by atoms with Crippen LogP contribution in [0.4, 0.5) is 5.69 Å². The molecule has 5 nitrogen and oxygen atoms in total. The quantitative estimate of drug-likeness (QED) is 0.508. The normalized spacial score (nSPS) is 10.1. The Morgan fingerprint density at radius 2 is 1.63 bits per heavy atom. The summed E-state index contributed by atoms with van der Waals surface area (Å²) < 4.78 is 10.4. The Hall–Kier alpha value is -3.31. The molecule has 0 saturated carbocycles. The zero-order chi connectivity index (χ0) is 19.2. The number of hydrogen-bond acceptors (Lipinski definition) is 4. The minimum Gasteiger partial charge on any atom is -0.497 e. The lowest BCUT2D eigenvalue weighted by Gasteiger charge is -2.09. The van der Waals surface area contributed by atoms with Gasteiger partial charge in [0.25, 0.3) is 5.91 Å². The van der Waals surface area contributed by atoms with E-state index in [0.717, 1.165) is 0 Å². The molecule has 0 fully saturated rings. The van der Waals surface area contributed by atoms with Gasteiger partial charge in [-0.15, -0.1) is 0 Å². The zero-order valence-electron chi connectivity index (χ0n) is 14.4. The second-order valence-electron chi connectivity index (χ2n) is 5.58. The summed E-state index contributed by atoms with van der Waals surface area (Å²) in [6.07, 6.45) is 0. The lowest BCUT2D eigenvalue weighted by molar-refractivity contribution is 0.0734. The van der Waals surface area contributed by atoms with Gasteiger partial charge in [0.2, 0.25) is 0 Å². The summed E-state index contributed by atoms with van der Waals surface area (Å²) in [4.78, 5) is 24.5. The smallest absolute Gasteiger partial charge is 0.343 e. The molecule has 3 aromatic rings. The molecule has 0 bridgehead atoms. The number of benzene rings is 3. The minimum atomic E-state index is -0.498. The van der Waals surface area contributed by atoms with Crippen LogP contribution in [0.2, 0.25) is 5.02 Å². The Balaban J connectivity index is 1.65. The maximum Gasteiger partial charge on any atom is 0.343 e. The summed E-state index contributed by atoms with van der Waals surface area (Å²) in [5.74, 6) is 0.115. The van der Waals surface area contributed by atoms with E-state index in [0.29, 0.717) is 33.3 Å². The number of esters is 1. The number of carbonyl (C=O) groups excluding carboxylic acids is 2. The van der Waals surface area contributed by atoms with Gasteiger partial charge < -0.3 is 14.8 Å². The van der Waals surface area contributed by atoms with Gasteiger partial charge in [-0.3, -0.25) is 4.79 Å². The van der Waals surface area contributed by atoms with E-state index in [-0.39, 0.29) is 5.91 Å². The van der Waals surface area contributed by atoms with E-state index < -0.39 is 5.97 Å². The number of carbonyl (C=O) groups is 2. The van der Waals surface area contributed by atoms with Gasteiger partial charge in [-0.05, 0) is 54.6 Å². The van der Waals surface area contributed by atoms with Crippen molar-refractivity contribution >= 4 is 29.2 Å². The molecule has 0 unspecified atom stereocenters. The highest BCUT2D eigenvalue weighted by Gasteiger charge is 2.11. The number of hydrogen-bond donors (Lipinski definition) is 1. The van der Waals surface area contributed by atoms with Crippen molar-refractivity contribution in [3.8, 4) is 11.5 Å². The van der Waals surface area contributed by atoms with E-state index in [4.69, 9.17) is 21.1 Å². The van der Waals surface area contributed by atoms with Gasteiger partial charge in [-0.2, -0.15) is 0 Å². The predicted molar refractivity (Wildman–Crippen MR) is 104 cm³/mol. The van der Waals surface area contributed by atoms with Gasteiger partial charge in [-0.1, -0.05) is 29.8 Å². The van der Waals surface area contributed by atoms with Crippen LogP contribution >= 0.6 is 11.6 Å². The van der Waals surface area contributed by atoms with Crippen molar-refractivity contribution in [1.82, 2.24) is 0 Å². The second-order valence-corrected chi connectivity index (χ2v) is 5.99. The van der Waals surface area contributed by atoms with Gasteiger partial charge in [0.1, 0.15) is 11.5 Å². The number of rotatable bonds is 5. The molecule has 0 aliphatic rings. The van der Waals surface area contributed by atoms with Crippen molar-refractivity contribution in [2.75, 3.05) is 12.4 Å². The van der Waals surface area contributed by atoms with Gasteiger partial charge in [-0.25, -0.2) is 4.79 Å². The molecule has 0 atom stereocenters. The van der Waals surface area contributed by atoms with Crippen molar-refractivity contribution in [2.24, 2.45) is 0 Å². The average molecular weight is 382 g/mol. The molecule has 27 heavy (non-hydrogen) atoms. The number of ether oxygens (including phenoxy) is 2. The predicted octanol–water partition coefficient (Wildman–Crippen LogP) is 4.82. The van der Waals surface area contributed by atoms with Crippen molar-refractivity contribution in [3.05, 3.63) is 88.9 Å². The lowest BCUT2D eigenvalue weighted by atomic mass is 10.2. The van der Waals surface area contributed by atoms with Crippen LogP contribution in [0, 0.1) is 0 Å². The van der Waals surface area contributed by atoms with Gasteiger partial charge in [0, 0.05) is 5.69 Å². The third kappa shape index (κ3) is 4.65. The summed E-state index contributed by atoms with van der Waals surface area (Å²) >= 11 is 6.02. The number of amides is 1. The first-order chi connectivity index (χ1) is 13.1. The van der Waals surface area contributed by atoms with Gasteiger partial charge >= 0.3 is 5.97 Å². The Labute approximate surface area is 161 Å². The molecule has 0 aliphatic heterocycles. The van der Waals surface area contributed by atoms with Crippen LogP contribution in [-0.2, 0) is 0 Å². The molecule has 0 heterocycles. The molecule has 0 radical (unpaired) electrons. The van der Waals surface area contributed by atoms with Crippen molar-refractivity contribution in [3.63, 3.8) is 0 Å². The first-order valence-corrected chi connectivity index (χ1v) is 8.47. The number of halogens is 1. The second kappa shape index (κ2) is 8.38. The molecular formula is C21H16ClNO4. The topological polar surface area (TPSA) is 64.6 Å². The third-order valence-corrected chi connectivity index (χ3v) is 4.08. The Bertz CT molecular complexity index is 970. The van der Waals surface area contributed by atoms with Crippen LogP contribution in [0.3, 0.4) is 0 Å². The summed E-state index contributed by atoms with van der Waals surface area (Å²) in [5.41, 5.74) is 1.32. The molecule has 0 aromatic heterocycles. The summed E-state index contributed by atoms with van der Waals surface area (Å²) in [7, 11) is 1.53. The van der Waals surface area contributed by atoms with Crippen molar-refractivity contribution < 1.29 is 19.1 Å². The molecule has 0 spiro atoms. The fourth-order valence-corrected chi connectivity index (χ4v) is 2.59. The molecule has 1 amide bonds.